The molecule has 28 heavy (non-hydrogen) atoms. The summed E-state index contributed by atoms with van der Waals surface area (Å²) < 4.78 is 24.3. The van der Waals surface area contributed by atoms with E-state index in [4.69, 9.17) is 9.47 Å². The molecule has 0 amide bonds. The van der Waals surface area contributed by atoms with Gasteiger partial charge in [-0.2, -0.15) is 10.1 Å². The molecule has 0 saturated carbocycles. The summed E-state index contributed by atoms with van der Waals surface area (Å²) >= 11 is 0. The zero-order valence-electron chi connectivity index (χ0n) is 15.2. The van der Waals surface area contributed by atoms with Crippen LogP contribution in [0.4, 0.5) is 27.7 Å². The van der Waals surface area contributed by atoms with Gasteiger partial charge in [-0.15, -0.1) is 0 Å². The number of halogens is 1. The van der Waals surface area contributed by atoms with Gasteiger partial charge in [-0.05, 0) is 30.3 Å². The molecular weight excluding hydrogens is 363 g/mol. The maximum absolute atomic E-state index is 13.8. The summed E-state index contributed by atoms with van der Waals surface area (Å²) in [5, 5.41) is 13.6. The number of hydrogen-bond acceptors (Lipinski definition) is 7. The van der Waals surface area contributed by atoms with Gasteiger partial charge in [0, 0.05) is 23.3 Å². The fraction of sp³-hybridized carbons (Fsp3) is 0.105. The predicted molar refractivity (Wildman–Crippen MR) is 104 cm³/mol. The van der Waals surface area contributed by atoms with Gasteiger partial charge in [0.25, 0.3) is 0 Å². The normalized spacial score (nSPS) is 10.7. The Morgan fingerprint density at radius 2 is 1.86 bits per heavy atom. The molecule has 0 aliphatic rings. The van der Waals surface area contributed by atoms with Crippen molar-refractivity contribution < 1.29 is 13.9 Å². The highest BCUT2D eigenvalue weighted by Gasteiger charge is 2.11. The summed E-state index contributed by atoms with van der Waals surface area (Å²) in [7, 11) is 3.15. The molecule has 9 heteroatoms. The maximum Gasteiger partial charge on any atom is 0.229 e. The van der Waals surface area contributed by atoms with E-state index >= 15 is 0 Å². The standard InChI is InChI=1S/C19H17FN6O2/c1-27-14-7-6-11(10-15(14)28-2)22-19-21-9-8-16(24-19)23-18-12-4-3-5-13(20)17(12)25-26-18/h3-10H,1-2H3,(H3,21,22,23,24,25,26). The molecule has 8 nitrogen and oxygen atoms in total. The first kappa shape index (κ1) is 17.5. The van der Waals surface area contributed by atoms with Crippen molar-refractivity contribution >= 4 is 34.2 Å². The van der Waals surface area contributed by atoms with Gasteiger partial charge in [0.1, 0.15) is 17.2 Å². The Kier molecular flexibility index (Phi) is 4.63. The minimum Gasteiger partial charge on any atom is -0.493 e. The van der Waals surface area contributed by atoms with Crippen LogP contribution in [0.2, 0.25) is 0 Å². The fourth-order valence-electron chi connectivity index (χ4n) is 2.76. The van der Waals surface area contributed by atoms with Crippen molar-refractivity contribution in [3.8, 4) is 11.5 Å². The number of methoxy groups -OCH3 is 2. The number of benzene rings is 2. The Hall–Kier alpha value is -3.88. The van der Waals surface area contributed by atoms with Gasteiger partial charge in [-0.1, -0.05) is 6.07 Å². The molecule has 4 rings (SSSR count). The lowest BCUT2D eigenvalue weighted by Gasteiger charge is -2.11. The van der Waals surface area contributed by atoms with E-state index in [1.54, 1.807) is 50.7 Å². The number of aromatic amines is 1. The molecule has 2 aromatic carbocycles. The molecule has 0 saturated heterocycles. The summed E-state index contributed by atoms with van der Waals surface area (Å²) in [4.78, 5) is 8.63. The first-order valence-electron chi connectivity index (χ1n) is 8.39. The Bertz CT molecular complexity index is 1130. The average Bonchev–Trinajstić information content (AvgIpc) is 3.12. The number of nitrogens with zero attached hydrogens (tertiary/aromatic N) is 3. The second-order valence-corrected chi connectivity index (χ2v) is 5.82. The van der Waals surface area contributed by atoms with Crippen molar-refractivity contribution in [2.75, 3.05) is 24.9 Å². The number of fused-ring (bicyclic) bond motifs is 1. The zero-order valence-corrected chi connectivity index (χ0v) is 15.2. The molecule has 4 aromatic rings. The van der Waals surface area contributed by atoms with E-state index in [1.807, 2.05) is 6.07 Å². The van der Waals surface area contributed by atoms with E-state index in [2.05, 4.69) is 30.8 Å². The number of nitrogens with one attached hydrogen (secondary N) is 3. The molecule has 0 radical (unpaired) electrons. The number of aromatic nitrogens is 4. The number of anilines is 4. The molecule has 0 unspecified atom stereocenters. The van der Waals surface area contributed by atoms with Crippen LogP contribution in [0.1, 0.15) is 0 Å². The summed E-state index contributed by atoms with van der Waals surface area (Å²) in [6.45, 7) is 0. The van der Waals surface area contributed by atoms with Crippen molar-refractivity contribution in [2.24, 2.45) is 0 Å². The lowest BCUT2D eigenvalue weighted by atomic mass is 10.2. The van der Waals surface area contributed by atoms with E-state index in [0.29, 0.717) is 40.0 Å². The van der Waals surface area contributed by atoms with E-state index < -0.39 is 0 Å². The highest BCUT2D eigenvalue weighted by Crippen LogP contribution is 2.31. The quantitative estimate of drug-likeness (QED) is 0.465. The molecule has 2 heterocycles. The van der Waals surface area contributed by atoms with Crippen LogP contribution in [0.3, 0.4) is 0 Å². The topological polar surface area (TPSA) is 97.0 Å². The largest absolute Gasteiger partial charge is 0.493 e. The highest BCUT2D eigenvalue weighted by atomic mass is 19.1. The molecule has 0 fully saturated rings. The molecule has 142 valence electrons. The minimum absolute atomic E-state index is 0.336. The Balaban J connectivity index is 1.57. The van der Waals surface area contributed by atoms with Gasteiger partial charge in [0.05, 0.1) is 14.2 Å². The molecule has 2 aromatic heterocycles. The molecule has 0 aliphatic heterocycles. The van der Waals surface area contributed by atoms with E-state index in [9.17, 15) is 4.39 Å². The van der Waals surface area contributed by atoms with E-state index in [0.717, 1.165) is 5.69 Å². The Labute approximate surface area is 159 Å². The van der Waals surface area contributed by atoms with Crippen LogP contribution in [-0.2, 0) is 0 Å². The monoisotopic (exact) mass is 380 g/mol. The summed E-state index contributed by atoms with van der Waals surface area (Å²) in [6.07, 6.45) is 1.61. The highest BCUT2D eigenvalue weighted by molar-refractivity contribution is 5.91. The first-order chi connectivity index (χ1) is 13.7. The van der Waals surface area contributed by atoms with Gasteiger partial charge >= 0.3 is 0 Å². The maximum atomic E-state index is 13.8. The SMILES string of the molecule is COc1ccc(Nc2nccc(Nc3n[nH]c4c(F)cccc34)n2)cc1OC. The second kappa shape index (κ2) is 7.39. The lowest BCUT2D eigenvalue weighted by Crippen LogP contribution is -2.01. The van der Waals surface area contributed by atoms with Crippen LogP contribution in [0.5, 0.6) is 11.5 Å². The van der Waals surface area contributed by atoms with Gasteiger partial charge in [0.15, 0.2) is 17.3 Å². The minimum atomic E-state index is -0.364. The van der Waals surface area contributed by atoms with Crippen LogP contribution in [-0.4, -0.2) is 34.4 Å². The van der Waals surface area contributed by atoms with Gasteiger partial charge in [-0.3, -0.25) is 5.10 Å². The van der Waals surface area contributed by atoms with Crippen LogP contribution >= 0.6 is 0 Å². The molecule has 3 N–H and O–H groups in total. The number of rotatable bonds is 6. The van der Waals surface area contributed by atoms with Crippen molar-refractivity contribution in [2.45, 2.75) is 0 Å². The van der Waals surface area contributed by atoms with Gasteiger partial charge in [0.2, 0.25) is 5.95 Å². The average molecular weight is 380 g/mol. The van der Waals surface area contributed by atoms with Gasteiger partial charge < -0.3 is 20.1 Å². The third kappa shape index (κ3) is 3.37. The number of hydrogen-bond donors (Lipinski definition) is 3. The van der Waals surface area contributed by atoms with Gasteiger partial charge in [-0.25, -0.2) is 9.37 Å². The lowest BCUT2D eigenvalue weighted by molar-refractivity contribution is 0.355. The fourth-order valence-corrected chi connectivity index (χ4v) is 2.76. The number of para-hydroxylation sites is 1. The second-order valence-electron chi connectivity index (χ2n) is 5.82. The summed E-state index contributed by atoms with van der Waals surface area (Å²) in [5.74, 6) is 2.22. The van der Waals surface area contributed by atoms with Crippen LogP contribution in [0.25, 0.3) is 10.9 Å². The molecular formula is C19H17FN6O2. The molecule has 0 bridgehead atoms. The van der Waals surface area contributed by atoms with Crippen molar-refractivity contribution in [1.29, 1.82) is 0 Å². The van der Waals surface area contributed by atoms with Crippen LogP contribution in [0.15, 0.2) is 48.7 Å². The predicted octanol–water partition coefficient (Wildman–Crippen LogP) is 4.00. The van der Waals surface area contributed by atoms with E-state index in [1.165, 1.54) is 6.07 Å². The molecule has 0 atom stereocenters. The zero-order chi connectivity index (χ0) is 19.5. The van der Waals surface area contributed by atoms with Crippen molar-refractivity contribution in [3.05, 3.63) is 54.5 Å². The summed E-state index contributed by atoms with van der Waals surface area (Å²) in [5.41, 5.74) is 1.07. The third-order valence-corrected chi connectivity index (χ3v) is 4.09. The van der Waals surface area contributed by atoms with Crippen LogP contribution in [0, 0.1) is 5.82 Å². The molecule has 0 aliphatic carbocycles. The van der Waals surface area contributed by atoms with E-state index in [-0.39, 0.29) is 5.82 Å². The number of ether oxygens (including phenoxy) is 2. The first-order valence-corrected chi connectivity index (χ1v) is 8.39. The van der Waals surface area contributed by atoms with Crippen LogP contribution < -0.4 is 20.1 Å². The van der Waals surface area contributed by atoms with Crippen molar-refractivity contribution in [1.82, 2.24) is 20.2 Å². The Morgan fingerprint density at radius 1 is 1.00 bits per heavy atom. The smallest absolute Gasteiger partial charge is 0.229 e. The number of H-pyrrole nitrogens is 1. The van der Waals surface area contributed by atoms with Crippen molar-refractivity contribution in [3.63, 3.8) is 0 Å². The summed E-state index contributed by atoms with van der Waals surface area (Å²) in [6, 6.07) is 11.9. The third-order valence-electron chi connectivity index (χ3n) is 4.09. The Morgan fingerprint density at radius 3 is 2.68 bits per heavy atom. The molecule has 0 spiro atoms.